The van der Waals surface area contributed by atoms with Crippen molar-refractivity contribution in [1.29, 1.82) is 0 Å². The lowest BCUT2D eigenvalue weighted by atomic mass is 10.0. The maximum atomic E-state index is 13.8. The lowest BCUT2D eigenvalue weighted by Gasteiger charge is -2.40. The summed E-state index contributed by atoms with van der Waals surface area (Å²) in [6.07, 6.45) is 7.39. The normalized spacial score (nSPS) is 19.8. The van der Waals surface area contributed by atoms with Crippen LogP contribution in [0.5, 0.6) is 11.5 Å². The zero-order chi connectivity index (χ0) is 49.3. The number of rotatable bonds is 21. The molecule has 4 N–H and O–H groups in total. The number of nitrogens with zero attached hydrogens (tertiary/aromatic N) is 2. The molecular weight excluding hydrogens is 899 g/mol. The van der Waals surface area contributed by atoms with E-state index in [1.54, 1.807) is 6.07 Å². The molecule has 2 heterocycles. The second-order valence-corrected chi connectivity index (χ2v) is 26.1. The average molecular weight is 974 g/mol. The van der Waals surface area contributed by atoms with Gasteiger partial charge >= 0.3 is 6.09 Å². The third kappa shape index (κ3) is 13.2. The summed E-state index contributed by atoms with van der Waals surface area (Å²) in [6, 6.07) is 30.4. The van der Waals surface area contributed by atoms with Crippen LogP contribution < -0.4 is 20.7 Å². The minimum atomic E-state index is -2.26. The van der Waals surface area contributed by atoms with Gasteiger partial charge < -0.3 is 44.2 Å². The van der Waals surface area contributed by atoms with Crippen molar-refractivity contribution >= 4 is 37.6 Å². The van der Waals surface area contributed by atoms with E-state index in [0.29, 0.717) is 56.9 Å². The molecular formula is C56H75N5O8Si. The van der Waals surface area contributed by atoms with Crippen molar-refractivity contribution < 1.29 is 38.1 Å². The molecule has 0 radical (unpaired) electrons. The van der Waals surface area contributed by atoms with Gasteiger partial charge in [-0.05, 0) is 103 Å². The van der Waals surface area contributed by atoms with E-state index >= 15 is 0 Å². The maximum absolute atomic E-state index is 13.8. The van der Waals surface area contributed by atoms with Crippen molar-refractivity contribution in [3.05, 3.63) is 108 Å². The Morgan fingerprint density at radius 3 is 2.37 bits per heavy atom. The number of nitrogens with one attached hydrogen (secondary N) is 3. The van der Waals surface area contributed by atoms with Gasteiger partial charge in [-0.25, -0.2) is 4.79 Å². The van der Waals surface area contributed by atoms with E-state index in [-0.39, 0.29) is 53.1 Å². The Bertz CT molecular complexity index is 2390. The Kier molecular flexibility index (Phi) is 17.0. The van der Waals surface area contributed by atoms with Crippen LogP contribution in [-0.2, 0) is 36.3 Å². The first-order valence-electron chi connectivity index (χ1n) is 25.7. The molecule has 2 unspecified atom stereocenters. The molecule has 1 saturated heterocycles. The Balaban J connectivity index is 0.748. The minimum absolute atomic E-state index is 0.0453. The standard InChI is InChI=1S/C56H75N5O8Si/c1-56(2,3)70(4,5)69-50(47-22-23-49(62)53-54(47)67-38-51(63)59-53)35-57-27-29-61(44-18-9-10-19-44)52(64)26-31-66-30-25-40-15-13-14-39(32-40)24-28-60-36-42-33-45(34-43(42)37-60)68-55(65)58-48-21-12-11-20-46(48)41-16-7-6-8-17-41/h6-8,11-17,20-23,32,42-45,50,57,62H,9-10,18-19,24-31,33-38H2,1-5H3,(H,58,65)(H,59,63)/t42?,43?,45?,50-/m0/s1. The highest BCUT2D eigenvalue weighted by Gasteiger charge is 2.43. The van der Waals surface area contributed by atoms with Crippen molar-refractivity contribution in [2.45, 2.75) is 115 Å². The number of phenols is 1. The fourth-order valence-electron chi connectivity index (χ4n) is 10.5. The number of anilines is 2. The van der Waals surface area contributed by atoms with E-state index in [2.05, 4.69) is 83.9 Å². The van der Waals surface area contributed by atoms with Crippen LogP contribution in [0.4, 0.5) is 16.2 Å². The Labute approximate surface area is 416 Å². The van der Waals surface area contributed by atoms with Crippen molar-refractivity contribution in [1.82, 2.24) is 15.1 Å². The predicted octanol–water partition coefficient (Wildman–Crippen LogP) is 9.96. The summed E-state index contributed by atoms with van der Waals surface area (Å²) in [4.78, 5) is 43.6. The van der Waals surface area contributed by atoms with E-state index in [9.17, 15) is 19.5 Å². The number of benzene rings is 4. The molecule has 3 amide bonds. The SMILES string of the molecule is CC(C)(C)[Si](C)(C)O[C@@H](CNCCN(C(=O)CCOCCc1cccc(CCN2CC3CC(OC(=O)Nc4ccccc4-c4ccccc4)CC3C2)c1)C1CCCC1)c1ccc(O)c2c1OCC(=O)N2. The highest BCUT2D eigenvalue weighted by Crippen LogP contribution is 2.46. The molecule has 3 fully saturated rings. The van der Waals surface area contributed by atoms with Crippen molar-refractivity contribution in [3.63, 3.8) is 0 Å². The fourth-order valence-corrected chi connectivity index (χ4v) is 11.8. The van der Waals surface area contributed by atoms with Gasteiger partial charge in [0.05, 0.1) is 31.4 Å². The number of phenolic OH excluding ortho intramolecular Hbond substituents is 1. The van der Waals surface area contributed by atoms with Gasteiger partial charge in [0.2, 0.25) is 5.91 Å². The minimum Gasteiger partial charge on any atom is -0.506 e. The van der Waals surface area contributed by atoms with Crippen LogP contribution in [0.25, 0.3) is 11.1 Å². The number of ether oxygens (including phenoxy) is 3. The zero-order valence-electron chi connectivity index (χ0n) is 42.0. The fraction of sp³-hybridized carbons (Fsp3) is 0.518. The van der Waals surface area contributed by atoms with Gasteiger partial charge in [-0.1, -0.05) is 106 Å². The lowest BCUT2D eigenvalue weighted by molar-refractivity contribution is -0.134. The summed E-state index contributed by atoms with van der Waals surface area (Å²) in [5, 5.41) is 19.9. The Hall–Kier alpha value is -5.25. The second-order valence-electron chi connectivity index (χ2n) is 21.3. The van der Waals surface area contributed by atoms with E-state index in [4.69, 9.17) is 18.6 Å². The molecule has 2 saturated carbocycles. The summed E-state index contributed by atoms with van der Waals surface area (Å²) in [5.41, 5.74) is 6.39. The van der Waals surface area contributed by atoms with Crippen LogP contribution in [-0.4, -0.2) is 112 Å². The van der Waals surface area contributed by atoms with Crippen LogP contribution in [0.3, 0.4) is 0 Å². The second kappa shape index (κ2) is 23.3. The molecule has 0 spiro atoms. The molecule has 0 bridgehead atoms. The molecule has 0 aromatic heterocycles. The number of carbonyl (C=O) groups is 3. The van der Waals surface area contributed by atoms with Crippen molar-refractivity contribution in [3.8, 4) is 22.6 Å². The monoisotopic (exact) mass is 974 g/mol. The molecule has 3 atom stereocenters. The van der Waals surface area contributed by atoms with E-state index < -0.39 is 14.4 Å². The Morgan fingerprint density at radius 2 is 1.63 bits per heavy atom. The molecule has 70 heavy (non-hydrogen) atoms. The zero-order valence-corrected chi connectivity index (χ0v) is 43.0. The number of carbonyl (C=O) groups excluding carboxylic acids is 3. The summed E-state index contributed by atoms with van der Waals surface area (Å²) in [5.74, 6) is 1.30. The number of hydrogen-bond donors (Lipinski definition) is 4. The van der Waals surface area contributed by atoms with Crippen molar-refractivity contribution in [2.24, 2.45) is 11.8 Å². The molecule has 2 aliphatic carbocycles. The predicted molar refractivity (Wildman–Crippen MR) is 278 cm³/mol. The van der Waals surface area contributed by atoms with Gasteiger partial charge in [-0.15, -0.1) is 0 Å². The maximum Gasteiger partial charge on any atom is 0.411 e. The topological polar surface area (TPSA) is 151 Å². The first-order chi connectivity index (χ1) is 33.7. The van der Waals surface area contributed by atoms with E-state index in [1.807, 2.05) is 60.7 Å². The highest BCUT2D eigenvalue weighted by molar-refractivity contribution is 6.74. The summed E-state index contributed by atoms with van der Waals surface area (Å²) < 4.78 is 24.9. The molecule has 14 heteroatoms. The van der Waals surface area contributed by atoms with E-state index in [0.717, 1.165) is 93.4 Å². The quantitative estimate of drug-likeness (QED) is 0.0361. The number of fused-ring (bicyclic) bond motifs is 2. The number of likely N-dealkylation sites (tertiary alicyclic amines) is 1. The average Bonchev–Trinajstić information content (AvgIpc) is 4.09. The van der Waals surface area contributed by atoms with Gasteiger partial charge in [-0.3, -0.25) is 14.9 Å². The molecule has 13 nitrogen and oxygen atoms in total. The summed E-state index contributed by atoms with van der Waals surface area (Å²) in [6.45, 7) is 16.6. The van der Waals surface area contributed by atoms with Crippen LogP contribution in [0, 0.1) is 11.8 Å². The number of aromatic hydroxyl groups is 1. The first kappa shape index (κ1) is 51.1. The number of hydrogen-bond acceptors (Lipinski definition) is 10. The number of amides is 3. The Morgan fingerprint density at radius 1 is 0.914 bits per heavy atom. The van der Waals surface area contributed by atoms with Gasteiger partial charge in [-0.2, -0.15) is 0 Å². The molecule has 4 aromatic rings. The van der Waals surface area contributed by atoms with Crippen LogP contribution >= 0.6 is 0 Å². The summed E-state index contributed by atoms with van der Waals surface area (Å²) in [7, 11) is -2.26. The van der Waals surface area contributed by atoms with Gasteiger partial charge in [0.25, 0.3) is 5.91 Å². The third-order valence-corrected chi connectivity index (χ3v) is 19.8. The molecule has 376 valence electrons. The smallest absolute Gasteiger partial charge is 0.411 e. The molecule has 2 aliphatic heterocycles. The van der Waals surface area contributed by atoms with E-state index in [1.165, 1.54) is 11.1 Å². The lowest BCUT2D eigenvalue weighted by Crippen LogP contribution is -2.45. The molecule has 4 aromatic carbocycles. The molecule has 8 rings (SSSR count). The van der Waals surface area contributed by atoms with Gasteiger partial charge in [0.15, 0.2) is 20.7 Å². The summed E-state index contributed by atoms with van der Waals surface area (Å²) >= 11 is 0. The third-order valence-electron chi connectivity index (χ3n) is 15.3. The number of para-hydroxylation sites is 1. The van der Waals surface area contributed by atoms with Gasteiger partial charge in [0, 0.05) is 56.4 Å². The van der Waals surface area contributed by atoms with Crippen LogP contribution in [0.2, 0.25) is 18.1 Å². The van der Waals surface area contributed by atoms with Crippen molar-refractivity contribution in [2.75, 3.05) is 69.7 Å². The van der Waals surface area contributed by atoms with Gasteiger partial charge in [0.1, 0.15) is 17.5 Å². The largest absolute Gasteiger partial charge is 0.506 e. The first-order valence-corrected chi connectivity index (χ1v) is 28.6. The highest BCUT2D eigenvalue weighted by atomic mass is 28.4. The molecule has 4 aliphatic rings. The van der Waals surface area contributed by atoms with Crippen LogP contribution in [0.15, 0.2) is 91.0 Å². The van der Waals surface area contributed by atoms with Crippen LogP contribution in [0.1, 0.15) is 88.5 Å².